The summed E-state index contributed by atoms with van der Waals surface area (Å²) < 4.78 is 5.70. The third-order valence-corrected chi connectivity index (χ3v) is 2.50. The molecule has 2 unspecified atom stereocenters. The Labute approximate surface area is 90.9 Å². The summed E-state index contributed by atoms with van der Waals surface area (Å²) in [6.07, 6.45) is -0.716. The molecule has 3 nitrogen and oxygen atoms in total. The van der Waals surface area contributed by atoms with Crippen molar-refractivity contribution in [3.63, 3.8) is 0 Å². The summed E-state index contributed by atoms with van der Waals surface area (Å²) in [4.78, 5) is 0. The highest BCUT2D eigenvalue weighted by atomic mass is 16.5. The number of aliphatic hydroxyl groups is 1. The fraction of sp³-hybridized carbons (Fsp3) is 0.500. The summed E-state index contributed by atoms with van der Waals surface area (Å²) in [5.41, 5.74) is 7.65. The number of hydrogen-bond acceptors (Lipinski definition) is 3. The highest BCUT2D eigenvalue weighted by Crippen LogP contribution is 2.24. The summed E-state index contributed by atoms with van der Waals surface area (Å²) in [6.45, 7) is 5.98. The molecule has 0 amide bonds. The van der Waals surface area contributed by atoms with Crippen molar-refractivity contribution in [2.45, 2.75) is 39.5 Å². The van der Waals surface area contributed by atoms with Crippen LogP contribution in [0.4, 0.5) is 0 Å². The van der Waals surface area contributed by atoms with Crippen LogP contribution in [0.3, 0.4) is 0 Å². The fourth-order valence-electron chi connectivity index (χ4n) is 1.33. The molecule has 0 radical (unpaired) electrons. The first kappa shape index (κ1) is 12.0. The van der Waals surface area contributed by atoms with E-state index in [9.17, 15) is 5.11 Å². The maximum absolute atomic E-state index is 9.38. The van der Waals surface area contributed by atoms with Gasteiger partial charge in [0, 0.05) is 12.1 Å². The van der Waals surface area contributed by atoms with Gasteiger partial charge in [0.2, 0.25) is 0 Å². The van der Waals surface area contributed by atoms with E-state index in [2.05, 4.69) is 0 Å². The first-order valence-corrected chi connectivity index (χ1v) is 5.19. The first-order chi connectivity index (χ1) is 7.06. The van der Waals surface area contributed by atoms with Crippen LogP contribution in [0.15, 0.2) is 18.2 Å². The average Bonchev–Trinajstić information content (AvgIpc) is 2.20. The van der Waals surface area contributed by atoms with Gasteiger partial charge >= 0.3 is 0 Å². The number of aryl methyl sites for hydroxylation is 1. The van der Waals surface area contributed by atoms with E-state index in [0.717, 1.165) is 16.9 Å². The number of nitrogens with two attached hydrogens (primary N) is 1. The van der Waals surface area contributed by atoms with Gasteiger partial charge in [-0.25, -0.2) is 0 Å². The van der Waals surface area contributed by atoms with Crippen molar-refractivity contribution in [1.29, 1.82) is 0 Å². The molecule has 3 heteroatoms. The number of para-hydroxylation sites is 1. The molecule has 0 aliphatic carbocycles. The molecule has 0 aliphatic heterocycles. The lowest BCUT2D eigenvalue weighted by molar-refractivity contribution is 0.0594. The van der Waals surface area contributed by atoms with Crippen LogP contribution in [0, 0.1) is 6.92 Å². The lowest BCUT2D eigenvalue weighted by Crippen LogP contribution is -2.26. The molecule has 0 saturated carbocycles. The second-order valence-electron chi connectivity index (χ2n) is 3.83. The van der Waals surface area contributed by atoms with Gasteiger partial charge in [0.1, 0.15) is 11.9 Å². The molecule has 0 heterocycles. The second-order valence-corrected chi connectivity index (χ2v) is 3.83. The van der Waals surface area contributed by atoms with Crippen molar-refractivity contribution in [2.24, 2.45) is 5.73 Å². The molecule has 0 aliphatic rings. The van der Waals surface area contributed by atoms with E-state index in [0.29, 0.717) is 6.54 Å². The molecule has 1 aromatic rings. The molecular weight excluding hydrogens is 190 g/mol. The highest BCUT2D eigenvalue weighted by Gasteiger charge is 2.13. The summed E-state index contributed by atoms with van der Waals surface area (Å²) in [5.74, 6) is 0.799. The van der Waals surface area contributed by atoms with Gasteiger partial charge in [-0.1, -0.05) is 18.2 Å². The smallest absolute Gasteiger partial charge is 0.127 e. The normalized spacial score (nSPS) is 14.7. The minimum Gasteiger partial charge on any atom is -0.487 e. The standard InChI is InChI=1S/C12H19NO2/c1-8-5-4-6-11(7-13)12(8)15-10(3)9(2)14/h4-6,9-10,14H,7,13H2,1-3H3. The average molecular weight is 209 g/mol. The summed E-state index contributed by atoms with van der Waals surface area (Å²) in [5, 5.41) is 9.38. The lowest BCUT2D eigenvalue weighted by atomic mass is 10.1. The Morgan fingerprint density at radius 3 is 2.60 bits per heavy atom. The van der Waals surface area contributed by atoms with Crippen LogP contribution < -0.4 is 10.5 Å². The van der Waals surface area contributed by atoms with Crippen LogP contribution in [0.25, 0.3) is 0 Å². The minimum absolute atomic E-state index is 0.226. The van der Waals surface area contributed by atoms with Crippen LogP contribution in [0.5, 0.6) is 5.75 Å². The van der Waals surface area contributed by atoms with Crippen molar-refractivity contribution >= 4 is 0 Å². The van der Waals surface area contributed by atoms with Crippen LogP contribution in [0.2, 0.25) is 0 Å². The van der Waals surface area contributed by atoms with Gasteiger partial charge in [0.15, 0.2) is 0 Å². The Hall–Kier alpha value is -1.06. The summed E-state index contributed by atoms with van der Waals surface area (Å²) in [6, 6.07) is 5.87. The number of rotatable bonds is 4. The van der Waals surface area contributed by atoms with Crippen LogP contribution >= 0.6 is 0 Å². The van der Waals surface area contributed by atoms with E-state index in [1.807, 2.05) is 32.0 Å². The third-order valence-electron chi connectivity index (χ3n) is 2.50. The van der Waals surface area contributed by atoms with Crippen molar-refractivity contribution in [1.82, 2.24) is 0 Å². The van der Waals surface area contributed by atoms with Crippen molar-refractivity contribution in [2.75, 3.05) is 0 Å². The summed E-state index contributed by atoms with van der Waals surface area (Å²) >= 11 is 0. The van der Waals surface area contributed by atoms with E-state index in [1.165, 1.54) is 0 Å². The quantitative estimate of drug-likeness (QED) is 0.792. The number of hydrogen-bond donors (Lipinski definition) is 2. The predicted octanol–water partition coefficient (Wildman–Crippen LogP) is 1.60. The molecule has 0 aromatic heterocycles. The van der Waals surface area contributed by atoms with Crippen LogP contribution in [0.1, 0.15) is 25.0 Å². The Balaban J connectivity index is 2.92. The van der Waals surface area contributed by atoms with E-state index in [4.69, 9.17) is 10.5 Å². The van der Waals surface area contributed by atoms with Crippen molar-refractivity contribution in [3.05, 3.63) is 29.3 Å². The SMILES string of the molecule is Cc1cccc(CN)c1OC(C)C(C)O. The third kappa shape index (κ3) is 2.94. The molecule has 0 saturated heterocycles. The van der Waals surface area contributed by atoms with Crippen LogP contribution in [-0.2, 0) is 6.54 Å². The van der Waals surface area contributed by atoms with Gasteiger partial charge in [0.05, 0.1) is 6.10 Å². The predicted molar refractivity (Wildman–Crippen MR) is 60.8 cm³/mol. The van der Waals surface area contributed by atoms with Gasteiger partial charge in [-0.2, -0.15) is 0 Å². The van der Waals surface area contributed by atoms with Crippen molar-refractivity contribution < 1.29 is 9.84 Å². The zero-order chi connectivity index (χ0) is 11.4. The first-order valence-electron chi connectivity index (χ1n) is 5.19. The highest BCUT2D eigenvalue weighted by molar-refractivity contribution is 5.40. The molecule has 3 N–H and O–H groups in total. The Morgan fingerprint density at radius 2 is 2.07 bits per heavy atom. The zero-order valence-corrected chi connectivity index (χ0v) is 9.53. The Kier molecular flexibility index (Phi) is 4.12. The summed E-state index contributed by atoms with van der Waals surface area (Å²) in [7, 11) is 0. The second kappa shape index (κ2) is 5.14. The largest absolute Gasteiger partial charge is 0.487 e. The maximum atomic E-state index is 9.38. The fourth-order valence-corrected chi connectivity index (χ4v) is 1.33. The van der Waals surface area contributed by atoms with Gasteiger partial charge in [-0.15, -0.1) is 0 Å². The van der Waals surface area contributed by atoms with Gasteiger partial charge in [-0.05, 0) is 26.3 Å². The van der Waals surface area contributed by atoms with E-state index < -0.39 is 6.10 Å². The molecule has 84 valence electrons. The zero-order valence-electron chi connectivity index (χ0n) is 9.53. The molecular formula is C12H19NO2. The topological polar surface area (TPSA) is 55.5 Å². The Bertz CT molecular complexity index is 323. The maximum Gasteiger partial charge on any atom is 0.127 e. The van der Waals surface area contributed by atoms with E-state index >= 15 is 0 Å². The lowest BCUT2D eigenvalue weighted by Gasteiger charge is -2.20. The van der Waals surface area contributed by atoms with Gasteiger partial charge < -0.3 is 15.6 Å². The van der Waals surface area contributed by atoms with Gasteiger partial charge in [0.25, 0.3) is 0 Å². The minimum atomic E-state index is -0.491. The molecule has 0 fully saturated rings. The molecule has 0 bridgehead atoms. The molecule has 15 heavy (non-hydrogen) atoms. The monoisotopic (exact) mass is 209 g/mol. The Morgan fingerprint density at radius 1 is 1.40 bits per heavy atom. The molecule has 2 atom stereocenters. The van der Waals surface area contributed by atoms with Crippen LogP contribution in [-0.4, -0.2) is 17.3 Å². The number of aliphatic hydroxyl groups excluding tert-OH is 1. The molecule has 1 aromatic carbocycles. The molecule has 0 spiro atoms. The number of ether oxygens (including phenoxy) is 1. The molecule has 1 rings (SSSR count). The van der Waals surface area contributed by atoms with E-state index in [1.54, 1.807) is 6.92 Å². The van der Waals surface area contributed by atoms with E-state index in [-0.39, 0.29) is 6.10 Å². The van der Waals surface area contributed by atoms with Crippen molar-refractivity contribution in [3.8, 4) is 5.75 Å². The van der Waals surface area contributed by atoms with Gasteiger partial charge in [-0.3, -0.25) is 0 Å². The number of benzene rings is 1.